The van der Waals surface area contributed by atoms with Gasteiger partial charge < -0.3 is 4.74 Å². The second-order valence-electron chi connectivity index (χ2n) is 6.59. The minimum atomic E-state index is -0.311. The maximum absolute atomic E-state index is 12.0. The fourth-order valence-corrected chi connectivity index (χ4v) is 2.38. The van der Waals surface area contributed by atoms with Gasteiger partial charge in [0.1, 0.15) is 6.61 Å². The van der Waals surface area contributed by atoms with Gasteiger partial charge in [0, 0.05) is 6.54 Å². The Morgan fingerprint density at radius 1 is 1.22 bits per heavy atom. The van der Waals surface area contributed by atoms with Crippen LogP contribution in [0.1, 0.15) is 45.2 Å². The molecule has 0 saturated carbocycles. The molecule has 4 nitrogen and oxygen atoms in total. The van der Waals surface area contributed by atoms with Crippen LogP contribution in [-0.4, -0.2) is 9.78 Å². The number of ether oxygens (including phenoxy) is 1. The summed E-state index contributed by atoms with van der Waals surface area (Å²) in [5.74, 6) is 0.323. The Kier molecular flexibility index (Phi) is 5.47. The molecular weight excluding hydrogens is 312 g/mol. The number of aromatic nitrogens is 2. The molecule has 0 amide bonds. The van der Waals surface area contributed by atoms with Crippen LogP contribution in [0.3, 0.4) is 0 Å². The number of nitrogens with zero attached hydrogens (tertiary/aromatic N) is 2. The van der Waals surface area contributed by atoms with Crippen LogP contribution in [0.25, 0.3) is 0 Å². The molecule has 0 saturated heterocycles. The van der Waals surface area contributed by atoms with Crippen LogP contribution in [0.4, 0.5) is 0 Å². The van der Waals surface area contributed by atoms with Gasteiger partial charge in [0.25, 0.3) is 5.56 Å². The third-order valence-electron chi connectivity index (χ3n) is 3.60. The molecule has 2 rings (SSSR count). The lowest BCUT2D eigenvalue weighted by Gasteiger charge is -2.19. The van der Waals surface area contributed by atoms with Crippen LogP contribution in [-0.2, 0) is 18.6 Å². The van der Waals surface area contributed by atoms with E-state index in [1.54, 1.807) is 0 Å². The molecule has 1 aromatic heterocycles. The van der Waals surface area contributed by atoms with E-state index in [9.17, 15) is 4.79 Å². The topological polar surface area (TPSA) is 44.1 Å². The Morgan fingerprint density at radius 2 is 1.87 bits per heavy atom. The molecule has 0 aliphatic rings. The van der Waals surface area contributed by atoms with Crippen LogP contribution in [0.5, 0.6) is 5.75 Å². The second kappa shape index (κ2) is 7.18. The molecule has 0 N–H and O–H groups in total. The molecule has 0 aliphatic heterocycles. The number of rotatable bonds is 5. The maximum atomic E-state index is 12.0. The standard InChI is InChI=1S/C18H23ClN2O2/c1-5-10-21-17(22)16(19)15(11-20-21)23-12-13-6-8-14(9-7-13)18(2,3)4/h6-9,11H,5,10,12H2,1-4H3. The predicted molar refractivity (Wildman–Crippen MR) is 93.3 cm³/mol. The zero-order valence-electron chi connectivity index (χ0n) is 14.1. The summed E-state index contributed by atoms with van der Waals surface area (Å²) in [7, 11) is 0. The molecule has 124 valence electrons. The van der Waals surface area contributed by atoms with E-state index in [0.29, 0.717) is 18.9 Å². The summed E-state index contributed by atoms with van der Waals surface area (Å²) < 4.78 is 7.01. The van der Waals surface area contributed by atoms with Crippen molar-refractivity contribution < 1.29 is 4.74 Å². The molecule has 0 spiro atoms. The first-order valence-electron chi connectivity index (χ1n) is 7.80. The summed E-state index contributed by atoms with van der Waals surface area (Å²) in [6, 6.07) is 8.25. The average molecular weight is 335 g/mol. The Hall–Kier alpha value is -1.81. The van der Waals surface area contributed by atoms with E-state index < -0.39 is 0 Å². The monoisotopic (exact) mass is 334 g/mol. The van der Waals surface area contributed by atoms with E-state index in [4.69, 9.17) is 16.3 Å². The first kappa shape index (κ1) is 17.5. The van der Waals surface area contributed by atoms with Crippen LogP contribution in [0, 0.1) is 0 Å². The molecule has 0 bridgehead atoms. The zero-order valence-corrected chi connectivity index (χ0v) is 14.9. The maximum Gasteiger partial charge on any atom is 0.289 e. The van der Waals surface area contributed by atoms with Gasteiger partial charge in [0.05, 0.1) is 6.20 Å². The highest BCUT2D eigenvalue weighted by atomic mass is 35.5. The molecule has 0 atom stereocenters. The SMILES string of the molecule is CCCn1ncc(OCc2ccc(C(C)(C)C)cc2)c(Cl)c1=O. The molecule has 1 aromatic carbocycles. The average Bonchev–Trinajstić information content (AvgIpc) is 2.51. The minimum Gasteiger partial charge on any atom is -0.485 e. The summed E-state index contributed by atoms with van der Waals surface area (Å²) in [4.78, 5) is 12.0. The van der Waals surface area contributed by atoms with Crippen LogP contribution in [0.15, 0.2) is 35.3 Å². The molecule has 1 heterocycles. The van der Waals surface area contributed by atoms with E-state index in [-0.39, 0.29) is 16.0 Å². The third kappa shape index (κ3) is 4.35. The highest BCUT2D eigenvalue weighted by Crippen LogP contribution is 2.23. The van der Waals surface area contributed by atoms with Gasteiger partial charge in [0.15, 0.2) is 10.8 Å². The van der Waals surface area contributed by atoms with Crippen molar-refractivity contribution in [2.45, 2.75) is 52.7 Å². The Bertz CT molecular complexity index is 715. The van der Waals surface area contributed by atoms with Gasteiger partial charge >= 0.3 is 0 Å². The molecule has 23 heavy (non-hydrogen) atoms. The van der Waals surface area contributed by atoms with Crippen LogP contribution >= 0.6 is 11.6 Å². The normalized spacial score (nSPS) is 11.5. The highest BCUT2D eigenvalue weighted by Gasteiger charge is 2.13. The van der Waals surface area contributed by atoms with E-state index in [2.05, 4.69) is 38.0 Å². The quantitative estimate of drug-likeness (QED) is 0.823. The van der Waals surface area contributed by atoms with Crippen molar-refractivity contribution in [2.75, 3.05) is 0 Å². The van der Waals surface area contributed by atoms with Gasteiger partial charge in [-0.05, 0) is 23.0 Å². The Labute approximate surface area is 142 Å². The van der Waals surface area contributed by atoms with Gasteiger partial charge in [-0.3, -0.25) is 4.79 Å². The molecule has 5 heteroatoms. The number of halogens is 1. The summed E-state index contributed by atoms with van der Waals surface area (Å²) in [5, 5.41) is 4.17. The fourth-order valence-electron chi connectivity index (χ4n) is 2.18. The Balaban J connectivity index is 2.09. The van der Waals surface area contributed by atoms with Gasteiger partial charge in [-0.25, -0.2) is 4.68 Å². The zero-order chi connectivity index (χ0) is 17.0. The van der Waals surface area contributed by atoms with Crippen molar-refractivity contribution in [3.63, 3.8) is 0 Å². The number of benzene rings is 1. The molecule has 0 fully saturated rings. The summed E-state index contributed by atoms with van der Waals surface area (Å²) in [6.07, 6.45) is 2.33. The van der Waals surface area contributed by atoms with Crippen molar-refractivity contribution in [1.82, 2.24) is 9.78 Å². The van der Waals surface area contributed by atoms with E-state index >= 15 is 0 Å². The fraction of sp³-hybridized carbons (Fsp3) is 0.444. The summed E-state index contributed by atoms with van der Waals surface area (Å²) >= 11 is 6.09. The number of hydrogen-bond acceptors (Lipinski definition) is 3. The van der Waals surface area contributed by atoms with Crippen molar-refractivity contribution in [3.05, 3.63) is 57.0 Å². The molecule has 0 radical (unpaired) electrons. The molecule has 0 unspecified atom stereocenters. The molecule has 0 aliphatic carbocycles. The predicted octanol–water partition coefficient (Wildman–Crippen LogP) is 4.18. The van der Waals surface area contributed by atoms with Gasteiger partial charge in [-0.1, -0.05) is 63.6 Å². The highest BCUT2D eigenvalue weighted by molar-refractivity contribution is 6.31. The largest absolute Gasteiger partial charge is 0.485 e. The first-order valence-corrected chi connectivity index (χ1v) is 8.18. The lowest BCUT2D eigenvalue weighted by molar-refractivity contribution is 0.302. The summed E-state index contributed by atoms with van der Waals surface area (Å²) in [5.41, 5.74) is 2.10. The molecular formula is C18H23ClN2O2. The first-order chi connectivity index (χ1) is 10.8. The number of aryl methyl sites for hydroxylation is 1. The molecule has 2 aromatic rings. The lowest BCUT2D eigenvalue weighted by Crippen LogP contribution is -2.23. The van der Waals surface area contributed by atoms with Crippen LogP contribution < -0.4 is 10.3 Å². The van der Waals surface area contributed by atoms with Gasteiger partial charge in [-0.15, -0.1) is 0 Å². The lowest BCUT2D eigenvalue weighted by atomic mass is 9.87. The van der Waals surface area contributed by atoms with E-state index in [1.165, 1.54) is 16.4 Å². The Morgan fingerprint density at radius 3 is 2.43 bits per heavy atom. The number of hydrogen-bond donors (Lipinski definition) is 0. The van der Waals surface area contributed by atoms with Crippen molar-refractivity contribution in [1.29, 1.82) is 0 Å². The minimum absolute atomic E-state index is 0.0831. The third-order valence-corrected chi connectivity index (χ3v) is 3.95. The van der Waals surface area contributed by atoms with Crippen molar-refractivity contribution >= 4 is 11.6 Å². The van der Waals surface area contributed by atoms with E-state index in [0.717, 1.165) is 12.0 Å². The van der Waals surface area contributed by atoms with E-state index in [1.807, 2.05) is 19.1 Å². The van der Waals surface area contributed by atoms with Crippen molar-refractivity contribution in [2.24, 2.45) is 0 Å². The van der Waals surface area contributed by atoms with Crippen molar-refractivity contribution in [3.8, 4) is 5.75 Å². The van der Waals surface area contributed by atoms with Gasteiger partial charge in [-0.2, -0.15) is 5.10 Å². The van der Waals surface area contributed by atoms with Gasteiger partial charge in [0.2, 0.25) is 0 Å². The smallest absolute Gasteiger partial charge is 0.289 e. The summed E-state index contributed by atoms with van der Waals surface area (Å²) in [6.45, 7) is 9.41. The van der Waals surface area contributed by atoms with Crippen LogP contribution in [0.2, 0.25) is 5.02 Å². The second-order valence-corrected chi connectivity index (χ2v) is 6.96.